The minimum Gasteiger partial charge on any atom is -0.331 e. The van der Waals surface area contributed by atoms with E-state index in [1.54, 1.807) is 18.2 Å². The molecular weight excluding hydrogens is 323 g/mol. The highest BCUT2D eigenvalue weighted by Gasteiger charge is 2.11. The minimum atomic E-state index is -0.182. The van der Waals surface area contributed by atoms with Crippen molar-refractivity contribution < 1.29 is 0 Å². The maximum Gasteiger partial charge on any atom is 0.276 e. The number of aromatic amines is 1. The van der Waals surface area contributed by atoms with Crippen molar-refractivity contribution in [3.05, 3.63) is 54.8 Å². The standard InChI is InChI=1S/C12H6Cl2N2OS2/c13-6-1-2-9(7(14)5-6)16-11(17)10-8(3-4-19-10)15-12(16)18/h1-5H,(H,15,18). The topological polar surface area (TPSA) is 37.8 Å². The van der Waals surface area contributed by atoms with E-state index in [2.05, 4.69) is 4.98 Å². The highest BCUT2D eigenvalue weighted by molar-refractivity contribution is 7.71. The summed E-state index contributed by atoms with van der Waals surface area (Å²) in [5, 5.41) is 2.73. The number of nitrogens with one attached hydrogen (secondary N) is 1. The number of benzene rings is 1. The Labute approximate surface area is 127 Å². The average Bonchev–Trinajstić information content (AvgIpc) is 2.80. The van der Waals surface area contributed by atoms with Gasteiger partial charge in [0.05, 0.1) is 16.2 Å². The molecule has 1 aromatic carbocycles. The van der Waals surface area contributed by atoms with Gasteiger partial charge in [-0.2, -0.15) is 0 Å². The van der Waals surface area contributed by atoms with Crippen molar-refractivity contribution >= 4 is 57.0 Å². The van der Waals surface area contributed by atoms with E-state index in [1.807, 2.05) is 11.4 Å². The van der Waals surface area contributed by atoms with Crippen molar-refractivity contribution in [3.63, 3.8) is 0 Å². The molecule has 3 nitrogen and oxygen atoms in total. The molecule has 0 amide bonds. The fourth-order valence-corrected chi connectivity index (χ4v) is 3.38. The summed E-state index contributed by atoms with van der Waals surface area (Å²) in [5.74, 6) is 0. The SMILES string of the molecule is O=c1c2sccc2[nH]c(=S)n1-c1ccc(Cl)cc1Cl. The summed E-state index contributed by atoms with van der Waals surface area (Å²) in [6.07, 6.45) is 0. The Bertz CT molecular complexity index is 895. The molecule has 0 atom stereocenters. The van der Waals surface area contributed by atoms with Crippen molar-refractivity contribution in [1.82, 2.24) is 9.55 Å². The predicted octanol–water partition coefficient (Wildman–Crippen LogP) is 4.42. The monoisotopic (exact) mass is 328 g/mol. The molecule has 0 unspecified atom stereocenters. The molecule has 0 saturated carbocycles. The molecule has 3 rings (SSSR count). The van der Waals surface area contributed by atoms with Gasteiger partial charge in [-0.3, -0.25) is 9.36 Å². The van der Waals surface area contributed by atoms with Gasteiger partial charge in [0, 0.05) is 5.02 Å². The first kappa shape index (κ1) is 12.9. The van der Waals surface area contributed by atoms with Gasteiger partial charge >= 0.3 is 0 Å². The molecule has 96 valence electrons. The number of fused-ring (bicyclic) bond motifs is 1. The number of hydrogen-bond donors (Lipinski definition) is 1. The van der Waals surface area contributed by atoms with Crippen molar-refractivity contribution in [1.29, 1.82) is 0 Å². The summed E-state index contributed by atoms with van der Waals surface area (Å²) < 4.78 is 2.30. The van der Waals surface area contributed by atoms with E-state index in [4.69, 9.17) is 35.4 Å². The smallest absolute Gasteiger partial charge is 0.276 e. The first-order valence-electron chi connectivity index (χ1n) is 5.26. The van der Waals surface area contributed by atoms with Crippen LogP contribution in [0.4, 0.5) is 0 Å². The molecule has 0 saturated heterocycles. The van der Waals surface area contributed by atoms with Gasteiger partial charge in [0.1, 0.15) is 4.70 Å². The lowest BCUT2D eigenvalue weighted by Crippen LogP contribution is -2.19. The highest BCUT2D eigenvalue weighted by atomic mass is 35.5. The van der Waals surface area contributed by atoms with Crippen LogP contribution in [-0.4, -0.2) is 9.55 Å². The molecule has 2 aromatic heterocycles. The summed E-state index contributed by atoms with van der Waals surface area (Å²) in [6.45, 7) is 0. The van der Waals surface area contributed by atoms with Crippen LogP contribution in [0.2, 0.25) is 10.0 Å². The Balaban J connectivity index is 2.42. The molecule has 7 heteroatoms. The highest BCUT2D eigenvalue weighted by Crippen LogP contribution is 2.24. The molecule has 0 aliphatic carbocycles. The van der Waals surface area contributed by atoms with E-state index in [0.29, 0.717) is 25.2 Å². The molecule has 0 aliphatic rings. The summed E-state index contributed by atoms with van der Waals surface area (Å²) in [7, 11) is 0. The Kier molecular flexibility index (Phi) is 3.22. The normalized spacial score (nSPS) is 11.1. The van der Waals surface area contributed by atoms with Crippen molar-refractivity contribution in [2.75, 3.05) is 0 Å². The van der Waals surface area contributed by atoms with Crippen LogP contribution < -0.4 is 5.56 Å². The second-order valence-electron chi connectivity index (χ2n) is 3.83. The van der Waals surface area contributed by atoms with E-state index in [0.717, 1.165) is 5.52 Å². The Hall–Kier alpha value is -1.14. The van der Waals surface area contributed by atoms with Crippen molar-refractivity contribution in [2.24, 2.45) is 0 Å². The Morgan fingerprint density at radius 1 is 1.26 bits per heavy atom. The zero-order valence-electron chi connectivity index (χ0n) is 9.31. The van der Waals surface area contributed by atoms with Crippen LogP contribution in [0.25, 0.3) is 15.9 Å². The maximum atomic E-state index is 12.4. The first-order valence-corrected chi connectivity index (χ1v) is 7.30. The molecule has 0 spiro atoms. The van der Waals surface area contributed by atoms with Gasteiger partial charge in [0.15, 0.2) is 4.77 Å². The van der Waals surface area contributed by atoms with E-state index >= 15 is 0 Å². The molecular formula is C12H6Cl2N2OS2. The lowest BCUT2D eigenvalue weighted by atomic mass is 10.3. The van der Waals surface area contributed by atoms with Gasteiger partial charge in [0.25, 0.3) is 5.56 Å². The quantitative estimate of drug-likeness (QED) is 0.671. The zero-order valence-corrected chi connectivity index (χ0v) is 12.5. The summed E-state index contributed by atoms with van der Waals surface area (Å²) >= 11 is 18.6. The fraction of sp³-hybridized carbons (Fsp3) is 0. The van der Waals surface area contributed by atoms with E-state index in [-0.39, 0.29) is 5.56 Å². The molecule has 1 N–H and O–H groups in total. The molecule has 0 radical (unpaired) electrons. The second kappa shape index (κ2) is 4.76. The van der Waals surface area contributed by atoms with Gasteiger partial charge < -0.3 is 4.98 Å². The number of rotatable bonds is 1. The van der Waals surface area contributed by atoms with E-state index in [9.17, 15) is 4.79 Å². The molecule has 0 fully saturated rings. The van der Waals surface area contributed by atoms with Gasteiger partial charge in [0.2, 0.25) is 0 Å². The van der Waals surface area contributed by atoms with Crippen LogP contribution in [0.15, 0.2) is 34.4 Å². The molecule has 0 aliphatic heterocycles. The number of H-pyrrole nitrogens is 1. The maximum absolute atomic E-state index is 12.4. The van der Waals surface area contributed by atoms with Gasteiger partial charge in [-0.1, -0.05) is 23.2 Å². The second-order valence-corrected chi connectivity index (χ2v) is 5.98. The van der Waals surface area contributed by atoms with Gasteiger partial charge in [-0.15, -0.1) is 11.3 Å². The number of thiophene rings is 1. The lowest BCUT2D eigenvalue weighted by Gasteiger charge is -2.08. The Morgan fingerprint density at radius 2 is 2.05 bits per heavy atom. The number of halogens is 2. The third kappa shape index (κ3) is 2.12. The van der Waals surface area contributed by atoms with Crippen LogP contribution in [0.5, 0.6) is 0 Å². The van der Waals surface area contributed by atoms with Crippen LogP contribution in [0.3, 0.4) is 0 Å². The van der Waals surface area contributed by atoms with Crippen LogP contribution in [0, 0.1) is 4.77 Å². The zero-order chi connectivity index (χ0) is 13.6. The van der Waals surface area contributed by atoms with E-state index in [1.165, 1.54) is 15.9 Å². The summed E-state index contributed by atoms with van der Waals surface area (Å²) in [4.78, 5) is 15.5. The first-order chi connectivity index (χ1) is 9.08. The van der Waals surface area contributed by atoms with Crippen molar-refractivity contribution in [2.45, 2.75) is 0 Å². The van der Waals surface area contributed by atoms with Crippen LogP contribution >= 0.6 is 46.8 Å². The summed E-state index contributed by atoms with van der Waals surface area (Å²) in [5.41, 5.74) is 1.08. The van der Waals surface area contributed by atoms with Crippen LogP contribution in [-0.2, 0) is 0 Å². The lowest BCUT2D eigenvalue weighted by molar-refractivity contribution is 0.944. The van der Waals surface area contributed by atoms with Gasteiger partial charge in [-0.05, 0) is 41.9 Å². The Morgan fingerprint density at radius 3 is 2.79 bits per heavy atom. The number of nitrogens with zero attached hydrogens (tertiary/aromatic N) is 1. The number of hydrogen-bond acceptors (Lipinski definition) is 3. The molecule has 19 heavy (non-hydrogen) atoms. The largest absolute Gasteiger partial charge is 0.331 e. The van der Waals surface area contributed by atoms with Gasteiger partial charge in [-0.25, -0.2) is 0 Å². The summed E-state index contributed by atoms with van der Waals surface area (Å²) in [6, 6.07) is 6.75. The minimum absolute atomic E-state index is 0.182. The third-order valence-electron chi connectivity index (χ3n) is 2.66. The van der Waals surface area contributed by atoms with Crippen LogP contribution in [0.1, 0.15) is 0 Å². The third-order valence-corrected chi connectivity index (χ3v) is 4.38. The fourth-order valence-electron chi connectivity index (χ4n) is 1.82. The van der Waals surface area contributed by atoms with E-state index < -0.39 is 0 Å². The predicted molar refractivity (Wildman–Crippen MR) is 82.6 cm³/mol. The molecule has 2 heterocycles. The van der Waals surface area contributed by atoms with Crippen molar-refractivity contribution in [3.8, 4) is 5.69 Å². The molecule has 3 aromatic rings. The number of aromatic nitrogens is 2. The molecule has 0 bridgehead atoms. The average molecular weight is 329 g/mol.